The van der Waals surface area contributed by atoms with Gasteiger partial charge < -0.3 is 5.73 Å². The van der Waals surface area contributed by atoms with Gasteiger partial charge in [0.2, 0.25) is 0 Å². The fourth-order valence-electron chi connectivity index (χ4n) is 0.890. The van der Waals surface area contributed by atoms with Crippen LogP contribution in [-0.2, 0) is 5.75 Å². The highest BCUT2D eigenvalue weighted by molar-refractivity contribution is 7.98. The lowest BCUT2D eigenvalue weighted by atomic mass is 10.4. The van der Waals surface area contributed by atoms with E-state index in [1.54, 1.807) is 12.3 Å². The Bertz CT molecular complexity index is 255. The van der Waals surface area contributed by atoms with Crippen molar-refractivity contribution in [2.24, 2.45) is 5.73 Å². The summed E-state index contributed by atoms with van der Waals surface area (Å²) in [7, 11) is 0. The molecule has 0 saturated heterocycles. The molecule has 0 atom stereocenters. The minimum absolute atomic E-state index is 0.754. The Morgan fingerprint density at radius 2 is 2.38 bits per heavy atom. The monoisotopic (exact) mass is 216 g/mol. The van der Waals surface area contributed by atoms with Crippen molar-refractivity contribution in [3.63, 3.8) is 0 Å². The Kier molecular flexibility index (Phi) is 5.20. The van der Waals surface area contributed by atoms with Gasteiger partial charge in [-0.05, 0) is 30.9 Å². The Morgan fingerprint density at radius 1 is 1.54 bits per heavy atom. The molecular weight excluding hydrogens is 204 g/mol. The van der Waals surface area contributed by atoms with Crippen molar-refractivity contribution in [2.75, 3.05) is 12.3 Å². The third-order valence-electron chi connectivity index (χ3n) is 1.52. The second-order valence-corrected chi connectivity index (χ2v) is 4.20. The summed E-state index contributed by atoms with van der Waals surface area (Å²) in [6.07, 6.45) is 2.80. The average molecular weight is 217 g/mol. The average Bonchev–Trinajstić information content (AvgIpc) is 2.13. The summed E-state index contributed by atoms with van der Waals surface area (Å²) in [6.45, 7) is 0.760. The normalized spacial score (nSPS) is 10.3. The van der Waals surface area contributed by atoms with E-state index in [-0.39, 0.29) is 0 Å². The molecule has 0 aliphatic heterocycles. The van der Waals surface area contributed by atoms with Crippen molar-refractivity contribution in [2.45, 2.75) is 12.2 Å². The summed E-state index contributed by atoms with van der Waals surface area (Å²) in [5.41, 5.74) is 6.42. The molecule has 0 aliphatic carbocycles. The van der Waals surface area contributed by atoms with Gasteiger partial charge in [-0.15, -0.1) is 0 Å². The first-order chi connectivity index (χ1) is 6.33. The highest BCUT2D eigenvalue weighted by Crippen LogP contribution is 2.14. The van der Waals surface area contributed by atoms with Crippen LogP contribution in [0.3, 0.4) is 0 Å². The van der Waals surface area contributed by atoms with Gasteiger partial charge in [-0.25, -0.2) is 0 Å². The second-order valence-electron chi connectivity index (χ2n) is 2.66. The highest BCUT2D eigenvalue weighted by Gasteiger charge is 1.95. The third kappa shape index (κ3) is 4.50. The maximum Gasteiger partial charge on any atom is 0.0517 e. The lowest BCUT2D eigenvalue weighted by Gasteiger charge is -2.00. The minimum Gasteiger partial charge on any atom is -0.330 e. The Hall–Kier alpha value is -0.250. The van der Waals surface area contributed by atoms with Crippen LogP contribution in [0.1, 0.15) is 12.1 Å². The van der Waals surface area contributed by atoms with E-state index in [9.17, 15) is 0 Å². The molecule has 0 saturated carbocycles. The Balaban J connectivity index is 2.28. The van der Waals surface area contributed by atoms with Gasteiger partial charge in [-0.1, -0.05) is 11.6 Å². The van der Waals surface area contributed by atoms with E-state index in [0.717, 1.165) is 35.2 Å². The maximum atomic E-state index is 5.82. The van der Waals surface area contributed by atoms with Crippen LogP contribution in [0.4, 0.5) is 0 Å². The van der Waals surface area contributed by atoms with E-state index in [1.807, 2.05) is 17.8 Å². The van der Waals surface area contributed by atoms with E-state index in [0.29, 0.717) is 0 Å². The summed E-state index contributed by atoms with van der Waals surface area (Å²) < 4.78 is 0. The van der Waals surface area contributed by atoms with E-state index in [1.165, 1.54) is 0 Å². The van der Waals surface area contributed by atoms with E-state index >= 15 is 0 Å². The van der Waals surface area contributed by atoms with Crippen LogP contribution >= 0.6 is 23.4 Å². The molecule has 0 fully saturated rings. The predicted octanol–water partition coefficient (Wildman–Crippen LogP) is 2.32. The number of rotatable bonds is 5. The molecule has 0 unspecified atom stereocenters. The first kappa shape index (κ1) is 10.8. The molecule has 0 aromatic carbocycles. The van der Waals surface area contributed by atoms with Gasteiger partial charge in [0.25, 0.3) is 0 Å². The molecule has 13 heavy (non-hydrogen) atoms. The van der Waals surface area contributed by atoms with Gasteiger partial charge >= 0.3 is 0 Å². The number of nitrogens with zero attached hydrogens (tertiary/aromatic N) is 1. The minimum atomic E-state index is 0.754. The number of hydrogen-bond donors (Lipinski definition) is 1. The number of nitrogens with two attached hydrogens (primary N) is 1. The van der Waals surface area contributed by atoms with E-state index in [4.69, 9.17) is 17.3 Å². The van der Waals surface area contributed by atoms with Crippen molar-refractivity contribution < 1.29 is 0 Å². The molecule has 1 rings (SSSR count). The molecule has 1 aromatic heterocycles. The van der Waals surface area contributed by atoms with Gasteiger partial charge in [-0.3, -0.25) is 4.98 Å². The first-order valence-corrected chi connectivity index (χ1v) is 5.74. The zero-order valence-corrected chi connectivity index (χ0v) is 8.94. The molecule has 4 heteroatoms. The SMILES string of the molecule is NCCCSCc1cc(Cl)ccn1. The Morgan fingerprint density at radius 3 is 3.08 bits per heavy atom. The van der Waals surface area contributed by atoms with Crippen LogP contribution in [0.5, 0.6) is 0 Å². The van der Waals surface area contributed by atoms with Crippen LogP contribution in [0, 0.1) is 0 Å². The lowest BCUT2D eigenvalue weighted by Crippen LogP contribution is -1.99. The fourth-order valence-corrected chi connectivity index (χ4v) is 1.95. The second kappa shape index (κ2) is 6.24. The summed E-state index contributed by atoms with van der Waals surface area (Å²) in [5.74, 6) is 2.01. The number of pyridine rings is 1. The molecule has 0 radical (unpaired) electrons. The topological polar surface area (TPSA) is 38.9 Å². The van der Waals surface area contributed by atoms with Crippen LogP contribution in [-0.4, -0.2) is 17.3 Å². The molecule has 0 aliphatic rings. The quantitative estimate of drug-likeness (QED) is 0.768. The molecule has 1 heterocycles. The molecule has 1 aromatic rings. The molecular formula is C9H13ClN2S. The van der Waals surface area contributed by atoms with Crippen molar-refractivity contribution >= 4 is 23.4 Å². The number of aromatic nitrogens is 1. The van der Waals surface area contributed by atoms with Crippen molar-refractivity contribution in [1.29, 1.82) is 0 Å². The summed E-state index contributed by atoms with van der Waals surface area (Å²) in [4.78, 5) is 4.20. The maximum absolute atomic E-state index is 5.82. The Labute approximate surface area is 87.9 Å². The summed E-state index contributed by atoms with van der Waals surface area (Å²) in [5, 5.41) is 0.754. The van der Waals surface area contributed by atoms with E-state index < -0.39 is 0 Å². The predicted molar refractivity (Wildman–Crippen MR) is 59.1 cm³/mol. The van der Waals surface area contributed by atoms with E-state index in [2.05, 4.69) is 4.98 Å². The molecule has 0 amide bonds. The number of hydrogen-bond acceptors (Lipinski definition) is 3. The largest absolute Gasteiger partial charge is 0.330 e. The van der Waals surface area contributed by atoms with Gasteiger partial charge in [0.1, 0.15) is 0 Å². The molecule has 2 N–H and O–H groups in total. The van der Waals surface area contributed by atoms with Crippen molar-refractivity contribution in [3.8, 4) is 0 Å². The van der Waals surface area contributed by atoms with Crippen LogP contribution < -0.4 is 5.73 Å². The first-order valence-electron chi connectivity index (χ1n) is 4.21. The summed E-state index contributed by atoms with van der Waals surface area (Å²) >= 11 is 7.65. The van der Waals surface area contributed by atoms with Crippen LogP contribution in [0.15, 0.2) is 18.3 Å². The molecule has 2 nitrogen and oxygen atoms in total. The molecule has 0 bridgehead atoms. The number of halogens is 1. The molecule has 0 spiro atoms. The highest BCUT2D eigenvalue weighted by atomic mass is 35.5. The number of thioether (sulfide) groups is 1. The van der Waals surface area contributed by atoms with Crippen molar-refractivity contribution in [3.05, 3.63) is 29.0 Å². The lowest BCUT2D eigenvalue weighted by molar-refractivity contribution is 0.942. The smallest absolute Gasteiger partial charge is 0.0517 e. The van der Waals surface area contributed by atoms with Gasteiger partial charge in [0, 0.05) is 17.0 Å². The zero-order chi connectivity index (χ0) is 9.52. The zero-order valence-electron chi connectivity index (χ0n) is 7.37. The van der Waals surface area contributed by atoms with Gasteiger partial charge in [0.15, 0.2) is 0 Å². The van der Waals surface area contributed by atoms with Crippen LogP contribution in [0.25, 0.3) is 0 Å². The van der Waals surface area contributed by atoms with Crippen LogP contribution in [0.2, 0.25) is 5.02 Å². The third-order valence-corrected chi connectivity index (χ3v) is 2.83. The standard InChI is InChI=1S/C9H13ClN2S/c10-8-2-4-12-9(6-8)7-13-5-1-3-11/h2,4,6H,1,3,5,7,11H2. The van der Waals surface area contributed by atoms with Gasteiger partial charge in [-0.2, -0.15) is 11.8 Å². The van der Waals surface area contributed by atoms with Gasteiger partial charge in [0.05, 0.1) is 5.69 Å². The van der Waals surface area contributed by atoms with Crippen molar-refractivity contribution in [1.82, 2.24) is 4.98 Å². The summed E-state index contributed by atoms with van der Waals surface area (Å²) in [6, 6.07) is 3.69. The molecule has 72 valence electrons. The fraction of sp³-hybridized carbons (Fsp3) is 0.444.